The number of carbonyl (C=O) groups is 5. The Hall–Kier alpha value is -3.54. The third-order valence-corrected chi connectivity index (χ3v) is 7.35. The molecule has 1 aromatic heterocycles. The van der Waals surface area contributed by atoms with Gasteiger partial charge < -0.3 is 20.7 Å². The lowest BCUT2D eigenvalue weighted by Crippen LogP contribution is -2.48. The average molecular weight is 605 g/mol. The van der Waals surface area contributed by atoms with Gasteiger partial charge in [-0.05, 0) is 43.9 Å². The van der Waals surface area contributed by atoms with Crippen LogP contribution in [0.2, 0.25) is 0 Å². The maximum absolute atomic E-state index is 14.4. The van der Waals surface area contributed by atoms with Crippen LogP contribution in [0.3, 0.4) is 0 Å². The summed E-state index contributed by atoms with van der Waals surface area (Å²) in [7, 11) is 0. The molecule has 0 aromatic carbocycles. The van der Waals surface area contributed by atoms with Gasteiger partial charge in [0.15, 0.2) is 5.12 Å². The van der Waals surface area contributed by atoms with E-state index in [0.29, 0.717) is 18.6 Å². The number of pyridine rings is 1. The van der Waals surface area contributed by atoms with Crippen molar-refractivity contribution in [2.75, 3.05) is 5.75 Å². The summed E-state index contributed by atoms with van der Waals surface area (Å²) in [6, 6.07) is 1.14. The molecule has 0 aliphatic carbocycles. The van der Waals surface area contributed by atoms with Crippen LogP contribution in [0.1, 0.15) is 88.8 Å². The molecule has 12 heteroatoms. The van der Waals surface area contributed by atoms with Crippen LogP contribution in [0.25, 0.3) is 0 Å². The highest BCUT2D eigenvalue weighted by molar-refractivity contribution is 8.13. The van der Waals surface area contributed by atoms with Gasteiger partial charge >= 0.3 is 5.97 Å². The van der Waals surface area contributed by atoms with Gasteiger partial charge in [0.1, 0.15) is 29.4 Å². The van der Waals surface area contributed by atoms with Crippen molar-refractivity contribution in [3.63, 3.8) is 0 Å². The second-order valence-corrected chi connectivity index (χ2v) is 11.3. The number of carbonyl (C=O) groups excluding carboxylic acids is 5. The Labute approximate surface area is 250 Å². The molecule has 2 heterocycles. The zero-order valence-electron chi connectivity index (χ0n) is 24.7. The number of rotatable bonds is 10. The monoisotopic (exact) mass is 604 g/mol. The van der Waals surface area contributed by atoms with Gasteiger partial charge in [-0.15, -0.1) is 0 Å². The zero-order chi connectivity index (χ0) is 31.1. The second kappa shape index (κ2) is 18.1. The van der Waals surface area contributed by atoms with Gasteiger partial charge in [-0.1, -0.05) is 63.9 Å². The first-order chi connectivity index (χ1) is 20.0. The molecule has 3 N–H and O–H groups in total. The zero-order valence-corrected chi connectivity index (χ0v) is 25.5. The van der Waals surface area contributed by atoms with Gasteiger partial charge in [0.2, 0.25) is 5.91 Å². The highest BCUT2D eigenvalue weighted by Crippen LogP contribution is 2.15. The van der Waals surface area contributed by atoms with Gasteiger partial charge in [-0.25, -0.2) is 14.2 Å². The Morgan fingerprint density at radius 3 is 2.62 bits per heavy atom. The molecule has 2 rings (SSSR count). The van der Waals surface area contributed by atoms with E-state index in [1.165, 1.54) is 24.8 Å². The Balaban J connectivity index is 2.21. The van der Waals surface area contributed by atoms with E-state index < -0.39 is 41.7 Å². The summed E-state index contributed by atoms with van der Waals surface area (Å²) in [5.74, 6) is -3.35. The van der Waals surface area contributed by atoms with Crippen LogP contribution in [-0.2, 0) is 30.5 Å². The van der Waals surface area contributed by atoms with Gasteiger partial charge in [0.05, 0.1) is 18.7 Å². The lowest BCUT2D eigenvalue weighted by molar-refractivity contribution is -0.153. The summed E-state index contributed by atoms with van der Waals surface area (Å²) < 4.78 is 20.0. The SMILES string of the molecule is C/C=C1\NC(=O)c2ccc(F)c(n2)CNC(=O)C[C@@H](/C=C/CCSC(=O)CCCCCC)OC(=O)[C@H](C(C)C)NC1=O. The van der Waals surface area contributed by atoms with Crippen molar-refractivity contribution >= 4 is 40.6 Å². The fourth-order valence-electron chi connectivity index (χ4n) is 3.96. The summed E-state index contributed by atoms with van der Waals surface area (Å²) in [4.78, 5) is 67.7. The minimum Gasteiger partial charge on any atom is -0.456 e. The van der Waals surface area contributed by atoms with Crippen LogP contribution < -0.4 is 16.0 Å². The Morgan fingerprint density at radius 1 is 1.17 bits per heavy atom. The first kappa shape index (κ1) is 34.7. The highest BCUT2D eigenvalue weighted by Gasteiger charge is 2.30. The fourth-order valence-corrected chi connectivity index (χ4v) is 4.73. The van der Waals surface area contributed by atoms with Crippen LogP contribution >= 0.6 is 11.8 Å². The van der Waals surface area contributed by atoms with Gasteiger partial charge in [0, 0.05) is 12.2 Å². The number of aromatic nitrogens is 1. The molecular formula is C30H41FN4O6S. The van der Waals surface area contributed by atoms with Crippen molar-refractivity contribution in [3.05, 3.63) is 53.3 Å². The number of hydrogen-bond acceptors (Lipinski definition) is 8. The first-order valence-electron chi connectivity index (χ1n) is 14.3. The number of nitrogens with zero attached hydrogens (tertiary/aromatic N) is 1. The minimum atomic E-state index is -1.08. The van der Waals surface area contributed by atoms with Crippen LogP contribution in [0.5, 0.6) is 0 Å². The van der Waals surface area contributed by atoms with Crippen molar-refractivity contribution in [2.45, 2.75) is 91.3 Å². The summed E-state index contributed by atoms with van der Waals surface area (Å²) in [5, 5.41) is 7.70. The first-order valence-corrected chi connectivity index (χ1v) is 15.3. The predicted molar refractivity (Wildman–Crippen MR) is 159 cm³/mol. The number of unbranched alkanes of at least 4 members (excludes halogenated alkanes) is 3. The Morgan fingerprint density at radius 2 is 1.93 bits per heavy atom. The fraction of sp³-hybridized carbons (Fsp3) is 0.533. The molecule has 1 aromatic rings. The van der Waals surface area contributed by atoms with Crippen LogP contribution in [0.15, 0.2) is 36.1 Å². The molecule has 10 nitrogen and oxygen atoms in total. The number of allylic oxidation sites excluding steroid dienone is 2. The van der Waals surface area contributed by atoms with Gasteiger partial charge in [0.25, 0.3) is 11.8 Å². The predicted octanol–water partition coefficient (Wildman–Crippen LogP) is 4.10. The third-order valence-electron chi connectivity index (χ3n) is 6.38. The van der Waals surface area contributed by atoms with Crippen molar-refractivity contribution < 1.29 is 33.1 Å². The molecular weight excluding hydrogens is 563 g/mol. The van der Waals surface area contributed by atoms with Crippen molar-refractivity contribution in [1.29, 1.82) is 0 Å². The molecule has 0 radical (unpaired) electrons. The lowest BCUT2D eigenvalue weighted by atomic mass is 10.0. The number of amides is 3. The quantitative estimate of drug-likeness (QED) is 0.157. The number of nitrogens with one attached hydrogen (secondary N) is 3. The number of ether oxygens (including phenoxy) is 1. The molecule has 1 aliphatic rings. The van der Waals surface area contributed by atoms with E-state index in [0.717, 1.165) is 37.8 Å². The molecule has 0 spiro atoms. The standard InChI is InChI=1S/C30H41FN4O6S/c1-5-7-8-9-13-26(37)42-16-11-10-12-20-17-25(36)32-18-24-21(31)14-15-23(33-24)29(39)34-22(6-2)28(38)35-27(19(3)4)30(40)41-20/h6,10,12,14-15,19-20,27H,5,7-9,11,13,16-18H2,1-4H3,(H,32,36)(H,34,39)(H,35,38)/b12-10+,22-6-/t20-,27+/m1/s1. The number of cyclic esters (lactones) is 1. The number of fused-ring (bicyclic) bond motifs is 2. The third kappa shape index (κ3) is 11.8. The van der Waals surface area contributed by atoms with E-state index in [1.807, 2.05) is 0 Å². The molecule has 2 bridgehead atoms. The molecule has 0 unspecified atom stereocenters. The molecule has 0 saturated heterocycles. The molecule has 2 atom stereocenters. The van der Waals surface area contributed by atoms with Crippen LogP contribution in [-0.4, -0.2) is 51.7 Å². The summed E-state index contributed by atoms with van der Waals surface area (Å²) in [5.41, 5.74) is -0.451. The molecule has 42 heavy (non-hydrogen) atoms. The number of esters is 1. The van der Waals surface area contributed by atoms with Crippen molar-refractivity contribution in [2.24, 2.45) is 5.92 Å². The average Bonchev–Trinajstić information content (AvgIpc) is 2.95. The maximum atomic E-state index is 14.4. The normalized spacial score (nSPS) is 19.9. The topological polar surface area (TPSA) is 144 Å². The number of thioether (sulfide) groups is 1. The molecule has 0 fully saturated rings. The van der Waals surface area contributed by atoms with Crippen LogP contribution in [0, 0.1) is 11.7 Å². The summed E-state index contributed by atoms with van der Waals surface area (Å²) >= 11 is 1.25. The summed E-state index contributed by atoms with van der Waals surface area (Å²) in [6.45, 7) is 6.78. The second-order valence-electron chi connectivity index (χ2n) is 10.2. The molecule has 230 valence electrons. The van der Waals surface area contributed by atoms with E-state index in [-0.39, 0.29) is 41.1 Å². The number of hydrogen-bond donors (Lipinski definition) is 3. The molecule has 3 amide bonds. The molecule has 0 saturated carbocycles. The van der Waals surface area contributed by atoms with E-state index in [4.69, 9.17) is 4.74 Å². The van der Waals surface area contributed by atoms with E-state index in [2.05, 4.69) is 27.9 Å². The largest absolute Gasteiger partial charge is 0.456 e. The van der Waals surface area contributed by atoms with E-state index >= 15 is 0 Å². The van der Waals surface area contributed by atoms with Gasteiger partial charge in [-0.2, -0.15) is 0 Å². The van der Waals surface area contributed by atoms with Gasteiger partial charge in [-0.3, -0.25) is 19.2 Å². The van der Waals surface area contributed by atoms with Crippen LogP contribution in [0.4, 0.5) is 4.39 Å². The van der Waals surface area contributed by atoms with E-state index in [1.54, 1.807) is 26.0 Å². The van der Waals surface area contributed by atoms with Crippen molar-refractivity contribution in [1.82, 2.24) is 20.9 Å². The lowest BCUT2D eigenvalue weighted by Gasteiger charge is -2.24. The smallest absolute Gasteiger partial charge is 0.329 e. The highest BCUT2D eigenvalue weighted by atomic mass is 32.2. The Kier molecular flexibility index (Phi) is 14.9. The Bertz CT molecular complexity index is 1190. The van der Waals surface area contributed by atoms with Crippen molar-refractivity contribution in [3.8, 4) is 0 Å². The minimum absolute atomic E-state index is 0.125. The number of halogens is 1. The molecule has 1 aliphatic heterocycles. The summed E-state index contributed by atoms with van der Waals surface area (Å²) in [6.07, 6.45) is 8.60. The maximum Gasteiger partial charge on any atom is 0.329 e. The van der Waals surface area contributed by atoms with E-state index in [9.17, 15) is 28.4 Å².